The normalized spacial score (nSPS) is 19.7. The summed E-state index contributed by atoms with van der Waals surface area (Å²) in [6, 6.07) is 3.91. The zero-order valence-electron chi connectivity index (χ0n) is 12.6. The van der Waals surface area contributed by atoms with Crippen molar-refractivity contribution in [2.24, 2.45) is 0 Å². The average molecular weight is 284 g/mol. The number of hydrogen-bond acceptors (Lipinski definition) is 3. The summed E-state index contributed by atoms with van der Waals surface area (Å²) in [4.78, 5) is 12.7. The van der Waals surface area contributed by atoms with Crippen molar-refractivity contribution in [1.29, 1.82) is 0 Å². The third-order valence-corrected chi connectivity index (χ3v) is 4.71. The first kappa shape index (κ1) is 12.9. The fourth-order valence-electron chi connectivity index (χ4n) is 3.47. The Morgan fingerprint density at radius 3 is 2.76 bits per heavy atom. The number of ether oxygens (including phenoxy) is 1. The van der Waals surface area contributed by atoms with Gasteiger partial charge < -0.3 is 9.15 Å². The van der Waals surface area contributed by atoms with Crippen molar-refractivity contribution < 1.29 is 9.15 Å². The summed E-state index contributed by atoms with van der Waals surface area (Å²) in [5, 5.41) is 0.720. The Bertz CT molecular complexity index is 783. The largest absolute Gasteiger partial charge is 0.487 e. The van der Waals surface area contributed by atoms with Gasteiger partial charge in [-0.15, -0.1) is 0 Å². The molecule has 2 aromatic rings. The van der Waals surface area contributed by atoms with Crippen LogP contribution < -0.4 is 10.2 Å². The van der Waals surface area contributed by atoms with Crippen LogP contribution in [-0.4, -0.2) is 5.60 Å². The Morgan fingerprint density at radius 2 is 1.90 bits per heavy atom. The molecule has 1 aromatic carbocycles. The van der Waals surface area contributed by atoms with Crippen LogP contribution in [0.25, 0.3) is 11.0 Å². The minimum absolute atomic E-state index is 0.144. The lowest BCUT2D eigenvalue weighted by atomic mass is 9.92. The molecule has 0 saturated carbocycles. The zero-order valence-corrected chi connectivity index (χ0v) is 12.6. The molecule has 2 aliphatic rings. The lowest BCUT2D eigenvalue weighted by Gasteiger charge is -2.32. The van der Waals surface area contributed by atoms with E-state index in [4.69, 9.17) is 9.15 Å². The summed E-state index contributed by atoms with van der Waals surface area (Å²) in [7, 11) is 0. The van der Waals surface area contributed by atoms with E-state index >= 15 is 0 Å². The second kappa shape index (κ2) is 4.36. The van der Waals surface area contributed by atoms with Gasteiger partial charge in [0, 0.05) is 18.1 Å². The van der Waals surface area contributed by atoms with Gasteiger partial charge in [0.15, 0.2) is 5.43 Å². The molecule has 1 aliphatic carbocycles. The fourth-order valence-corrected chi connectivity index (χ4v) is 3.47. The van der Waals surface area contributed by atoms with E-state index in [0.29, 0.717) is 5.58 Å². The van der Waals surface area contributed by atoms with Crippen LogP contribution in [0, 0.1) is 0 Å². The molecule has 1 aliphatic heterocycles. The van der Waals surface area contributed by atoms with Crippen LogP contribution >= 0.6 is 0 Å². The van der Waals surface area contributed by atoms with E-state index in [0.717, 1.165) is 66.5 Å². The maximum Gasteiger partial charge on any atom is 0.196 e. The molecule has 0 amide bonds. The number of aryl methyl sites for hydroxylation is 2. The van der Waals surface area contributed by atoms with E-state index in [2.05, 4.69) is 13.8 Å². The molecule has 3 nitrogen and oxygen atoms in total. The predicted octanol–water partition coefficient (Wildman–Crippen LogP) is 3.78. The molecule has 1 aromatic heterocycles. The topological polar surface area (TPSA) is 39.4 Å². The standard InChI is InChI=1S/C18H20O3/c1-18(2)8-7-11-9-13-16(10-15(11)21-18)20-14-6-4-3-5-12(14)17(13)19/h9-10H,3-8H2,1-2H3. The maximum absolute atomic E-state index is 12.7. The van der Waals surface area contributed by atoms with Crippen molar-refractivity contribution in [1.82, 2.24) is 0 Å². The van der Waals surface area contributed by atoms with Gasteiger partial charge in [0.1, 0.15) is 22.7 Å². The summed E-state index contributed by atoms with van der Waals surface area (Å²) >= 11 is 0. The van der Waals surface area contributed by atoms with E-state index in [9.17, 15) is 4.79 Å². The second-order valence-electron chi connectivity index (χ2n) is 6.86. The van der Waals surface area contributed by atoms with Crippen molar-refractivity contribution in [3.05, 3.63) is 39.2 Å². The van der Waals surface area contributed by atoms with Gasteiger partial charge >= 0.3 is 0 Å². The second-order valence-corrected chi connectivity index (χ2v) is 6.86. The summed E-state index contributed by atoms with van der Waals surface area (Å²) in [6.07, 6.45) is 5.86. The SMILES string of the molecule is CC1(C)CCc2cc3c(=O)c4c(oc3cc2O1)CCCC4. The molecule has 0 spiro atoms. The minimum atomic E-state index is -0.144. The van der Waals surface area contributed by atoms with Crippen LogP contribution in [-0.2, 0) is 19.3 Å². The average Bonchev–Trinajstić information content (AvgIpc) is 2.45. The highest BCUT2D eigenvalue weighted by molar-refractivity contribution is 5.80. The molecule has 0 N–H and O–H groups in total. The van der Waals surface area contributed by atoms with E-state index < -0.39 is 0 Å². The summed E-state index contributed by atoms with van der Waals surface area (Å²) in [6.45, 7) is 4.20. The number of hydrogen-bond donors (Lipinski definition) is 0. The van der Waals surface area contributed by atoms with Gasteiger partial charge in [-0.25, -0.2) is 0 Å². The van der Waals surface area contributed by atoms with Crippen molar-refractivity contribution in [2.75, 3.05) is 0 Å². The first-order valence-electron chi connectivity index (χ1n) is 7.84. The van der Waals surface area contributed by atoms with E-state index in [1.54, 1.807) is 0 Å². The third kappa shape index (κ3) is 2.06. The Hall–Kier alpha value is -1.77. The molecule has 0 atom stereocenters. The quantitative estimate of drug-likeness (QED) is 0.739. The van der Waals surface area contributed by atoms with E-state index in [1.807, 2.05) is 12.1 Å². The zero-order chi connectivity index (χ0) is 14.6. The molecule has 0 unspecified atom stereocenters. The van der Waals surface area contributed by atoms with Crippen molar-refractivity contribution in [3.8, 4) is 5.75 Å². The molecular weight excluding hydrogens is 264 g/mol. The van der Waals surface area contributed by atoms with Crippen molar-refractivity contribution >= 4 is 11.0 Å². The van der Waals surface area contributed by atoms with Crippen LogP contribution in [0.5, 0.6) is 5.75 Å². The lowest BCUT2D eigenvalue weighted by molar-refractivity contribution is 0.0848. The van der Waals surface area contributed by atoms with Crippen molar-refractivity contribution in [2.45, 2.75) is 58.0 Å². The molecule has 0 fully saturated rings. The van der Waals surface area contributed by atoms with Crippen LogP contribution in [0.2, 0.25) is 0 Å². The van der Waals surface area contributed by atoms with Crippen LogP contribution in [0.4, 0.5) is 0 Å². The Morgan fingerprint density at radius 1 is 1.10 bits per heavy atom. The van der Waals surface area contributed by atoms with Gasteiger partial charge in [-0.1, -0.05) is 0 Å². The predicted molar refractivity (Wildman–Crippen MR) is 82.2 cm³/mol. The Kier molecular flexibility index (Phi) is 2.69. The maximum atomic E-state index is 12.7. The van der Waals surface area contributed by atoms with Gasteiger partial charge in [0.05, 0.1) is 5.39 Å². The first-order chi connectivity index (χ1) is 10.0. The molecule has 2 heterocycles. The molecule has 0 saturated heterocycles. The third-order valence-electron chi connectivity index (χ3n) is 4.71. The number of benzene rings is 1. The smallest absolute Gasteiger partial charge is 0.196 e. The highest BCUT2D eigenvalue weighted by Crippen LogP contribution is 2.36. The minimum Gasteiger partial charge on any atom is -0.487 e. The molecule has 0 radical (unpaired) electrons. The van der Waals surface area contributed by atoms with Gasteiger partial charge in [-0.2, -0.15) is 0 Å². The Balaban J connectivity index is 1.95. The van der Waals surface area contributed by atoms with Gasteiger partial charge in [0.2, 0.25) is 0 Å². The van der Waals surface area contributed by atoms with E-state index in [1.165, 1.54) is 0 Å². The molecule has 21 heavy (non-hydrogen) atoms. The van der Waals surface area contributed by atoms with E-state index in [-0.39, 0.29) is 11.0 Å². The van der Waals surface area contributed by atoms with Crippen LogP contribution in [0.1, 0.15) is 50.0 Å². The Labute approximate surface area is 123 Å². The molecule has 110 valence electrons. The fraction of sp³-hybridized carbons (Fsp3) is 0.500. The lowest BCUT2D eigenvalue weighted by Crippen LogP contribution is -2.32. The van der Waals surface area contributed by atoms with Crippen LogP contribution in [0.15, 0.2) is 21.3 Å². The van der Waals surface area contributed by atoms with Gasteiger partial charge in [0.25, 0.3) is 0 Å². The van der Waals surface area contributed by atoms with Gasteiger partial charge in [-0.3, -0.25) is 4.79 Å². The molecule has 0 bridgehead atoms. The highest BCUT2D eigenvalue weighted by Gasteiger charge is 2.28. The number of rotatable bonds is 0. The first-order valence-corrected chi connectivity index (χ1v) is 7.84. The number of fused-ring (bicyclic) bond motifs is 3. The van der Waals surface area contributed by atoms with Gasteiger partial charge in [-0.05, 0) is 57.6 Å². The highest BCUT2D eigenvalue weighted by atomic mass is 16.5. The van der Waals surface area contributed by atoms with Crippen LogP contribution in [0.3, 0.4) is 0 Å². The summed E-state index contributed by atoms with van der Waals surface area (Å²) < 4.78 is 12.1. The molecule has 4 rings (SSSR count). The molecule has 3 heteroatoms. The van der Waals surface area contributed by atoms with Crippen molar-refractivity contribution in [3.63, 3.8) is 0 Å². The molecular formula is C18H20O3. The summed E-state index contributed by atoms with van der Waals surface area (Å²) in [5.41, 5.74) is 2.72. The summed E-state index contributed by atoms with van der Waals surface area (Å²) in [5.74, 6) is 1.76. The monoisotopic (exact) mass is 284 g/mol.